The van der Waals surface area contributed by atoms with Crippen molar-refractivity contribution < 1.29 is 28.9 Å². The van der Waals surface area contributed by atoms with E-state index in [1.165, 1.54) is 59.2 Å². The van der Waals surface area contributed by atoms with Crippen molar-refractivity contribution in [3.05, 3.63) is 82.4 Å². The molecule has 9 heteroatoms. The number of hydrogen-bond acceptors (Lipinski definition) is 7. The average molecular weight is 597 g/mol. The summed E-state index contributed by atoms with van der Waals surface area (Å²) < 4.78 is 17.9. The van der Waals surface area contributed by atoms with Crippen LogP contribution in [0, 0.1) is 0 Å². The fourth-order valence-electron chi connectivity index (χ4n) is 8.29. The fourth-order valence-corrected chi connectivity index (χ4v) is 14.0. The maximum absolute atomic E-state index is 13.7. The van der Waals surface area contributed by atoms with Gasteiger partial charge in [0.1, 0.15) is 8.07 Å². The van der Waals surface area contributed by atoms with Crippen molar-refractivity contribution in [1.82, 2.24) is 0 Å². The van der Waals surface area contributed by atoms with Crippen LogP contribution in [0.15, 0.2) is 54.6 Å². The van der Waals surface area contributed by atoms with Gasteiger partial charge in [-0.2, -0.15) is 0 Å². The zero-order chi connectivity index (χ0) is 29.2. The number of carboxylic acids is 1. The molecule has 2 spiro atoms. The van der Waals surface area contributed by atoms with Crippen molar-refractivity contribution in [3.63, 3.8) is 0 Å². The molecule has 5 heterocycles. The van der Waals surface area contributed by atoms with Gasteiger partial charge in [0.05, 0.1) is 37.6 Å². The van der Waals surface area contributed by atoms with Crippen LogP contribution in [0.3, 0.4) is 0 Å². The van der Waals surface area contributed by atoms with E-state index in [-0.39, 0.29) is 5.56 Å². The average Bonchev–Trinajstić information content (AvgIpc) is 3.36. The van der Waals surface area contributed by atoms with Gasteiger partial charge in [-0.25, -0.2) is 9.59 Å². The van der Waals surface area contributed by atoms with Crippen LogP contribution in [0.4, 0.5) is 11.4 Å². The van der Waals surface area contributed by atoms with Crippen molar-refractivity contribution in [1.29, 1.82) is 0 Å². The number of benzene rings is 3. The minimum absolute atomic E-state index is 0.0902. The van der Waals surface area contributed by atoms with E-state index in [2.05, 4.69) is 46.2 Å². The first-order chi connectivity index (χ1) is 21.0. The van der Waals surface area contributed by atoms with Crippen LogP contribution in [-0.4, -0.2) is 77.7 Å². The van der Waals surface area contributed by atoms with Gasteiger partial charge in [-0.3, -0.25) is 0 Å². The molecule has 0 aliphatic carbocycles. The highest BCUT2D eigenvalue weighted by atomic mass is 28.3. The topological polar surface area (TPSA) is 88.5 Å². The van der Waals surface area contributed by atoms with Gasteiger partial charge in [-0.15, -0.1) is 0 Å². The molecule has 0 atom stereocenters. The SMILES string of the molecule is O=C(O)c1ccc2c(c1)C(=O)OC21c2ccc(N3CCOCC3)cc2[Si]2(CCCCC2)c2cc(N3CCOCC3)ccc21. The van der Waals surface area contributed by atoms with E-state index in [1.807, 2.05) is 6.07 Å². The molecule has 8 rings (SSSR count). The number of anilines is 2. The molecule has 8 nitrogen and oxygen atoms in total. The first kappa shape index (κ1) is 26.9. The van der Waals surface area contributed by atoms with Crippen LogP contribution in [0.1, 0.15) is 56.7 Å². The molecular formula is C34H36N2O6Si. The highest BCUT2D eigenvalue weighted by Gasteiger charge is 2.58. The third-order valence-electron chi connectivity index (χ3n) is 10.4. The predicted molar refractivity (Wildman–Crippen MR) is 166 cm³/mol. The van der Waals surface area contributed by atoms with Gasteiger partial charge < -0.3 is 29.1 Å². The maximum atomic E-state index is 13.7. The van der Waals surface area contributed by atoms with E-state index in [0.29, 0.717) is 32.0 Å². The Bertz CT molecular complexity index is 1550. The Hall–Kier alpha value is -3.66. The second kappa shape index (κ2) is 10.2. The predicted octanol–water partition coefficient (Wildman–Crippen LogP) is 3.58. The molecule has 3 aromatic carbocycles. The number of carboxylic acid groups (broad SMARTS) is 1. The molecular weight excluding hydrogens is 560 g/mol. The summed E-state index contributed by atoms with van der Waals surface area (Å²) in [5, 5.41) is 12.5. The molecule has 3 saturated heterocycles. The van der Waals surface area contributed by atoms with Gasteiger partial charge in [0.15, 0.2) is 5.60 Å². The monoisotopic (exact) mass is 596 g/mol. The summed E-state index contributed by atoms with van der Waals surface area (Å²) in [4.78, 5) is 30.4. The molecule has 5 aliphatic rings. The first-order valence-corrected chi connectivity index (χ1v) is 18.0. The number of ether oxygens (including phenoxy) is 3. The Morgan fingerprint density at radius 2 is 1.26 bits per heavy atom. The summed E-state index contributed by atoms with van der Waals surface area (Å²) in [6, 6.07) is 20.8. The third kappa shape index (κ3) is 4.01. The number of fused-ring (bicyclic) bond motifs is 8. The van der Waals surface area contributed by atoms with Crippen molar-refractivity contribution >= 4 is 41.8 Å². The molecule has 0 amide bonds. The molecule has 0 saturated carbocycles. The highest BCUT2D eigenvalue weighted by Crippen LogP contribution is 2.51. The van der Waals surface area contributed by atoms with Crippen LogP contribution in [0.25, 0.3) is 0 Å². The quantitative estimate of drug-likeness (QED) is 0.363. The number of aromatic carboxylic acids is 1. The van der Waals surface area contributed by atoms with Gasteiger partial charge in [0.2, 0.25) is 0 Å². The third-order valence-corrected chi connectivity index (χ3v) is 15.7. The van der Waals surface area contributed by atoms with Crippen molar-refractivity contribution in [2.24, 2.45) is 0 Å². The number of nitrogens with zero attached hydrogens (tertiary/aromatic N) is 2. The largest absolute Gasteiger partial charge is 0.478 e. The molecule has 1 N–H and O–H groups in total. The van der Waals surface area contributed by atoms with E-state index in [9.17, 15) is 14.7 Å². The number of carbonyl (C=O) groups is 2. The van der Waals surface area contributed by atoms with Crippen molar-refractivity contribution in [2.45, 2.75) is 37.0 Å². The van der Waals surface area contributed by atoms with Gasteiger partial charge >= 0.3 is 11.9 Å². The number of esters is 1. The maximum Gasteiger partial charge on any atom is 0.340 e. The van der Waals surface area contributed by atoms with E-state index in [1.54, 1.807) is 6.07 Å². The summed E-state index contributed by atoms with van der Waals surface area (Å²) in [6.45, 7) is 6.27. The summed E-state index contributed by atoms with van der Waals surface area (Å²) >= 11 is 0. The summed E-state index contributed by atoms with van der Waals surface area (Å²) in [7, 11) is -2.27. The summed E-state index contributed by atoms with van der Waals surface area (Å²) in [5.74, 6) is -1.52. The second-order valence-corrected chi connectivity index (χ2v) is 16.7. The molecule has 0 radical (unpaired) electrons. The lowest BCUT2D eigenvalue weighted by Crippen LogP contribution is -2.67. The van der Waals surface area contributed by atoms with Gasteiger partial charge in [-0.1, -0.05) is 37.5 Å². The van der Waals surface area contributed by atoms with Crippen LogP contribution in [0.5, 0.6) is 0 Å². The lowest BCUT2D eigenvalue weighted by atomic mass is 9.78. The smallest absolute Gasteiger partial charge is 0.340 e. The lowest BCUT2D eigenvalue weighted by molar-refractivity contribution is 0.0254. The zero-order valence-corrected chi connectivity index (χ0v) is 25.3. The minimum atomic E-state index is -2.27. The standard InChI is InChI=1S/C34H36N2O6Si/c37-32(38)23-4-7-27-26(20-23)33(39)42-34(27)28-8-5-24(35-10-14-40-15-11-35)21-30(28)43(18-2-1-3-19-43)31-22-25(6-9-29(31)34)36-12-16-41-17-13-36/h4-9,20-22H,1-3,10-19H2,(H,37,38). The summed E-state index contributed by atoms with van der Waals surface area (Å²) in [6.07, 6.45) is 3.63. The first-order valence-electron chi connectivity index (χ1n) is 15.6. The van der Waals surface area contributed by atoms with Crippen LogP contribution >= 0.6 is 0 Å². The van der Waals surface area contributed by atoms with Crippen LogP contribution in [0.2, 0.25) is 12.1 Å². The zero-order valence-electron chi connectivity index (χ0n) is 24.3. The van der Waals surface area contributed by atoms with E-state index >= 15 is 0 Å². The molecule has 3 fully saturated rings. The molecule has 5 aliphatic heterocycles. The van der Waals surface area contributed by atoms with Gasteiger partial charge in [0.25, 0.3) is 0 Å². The Kier molecular flexibility index (Phi) is 6.40. The van der Waals surface area contributed by atoms with E-state index in [0.717, 1.165) is 42.9 Å². The highest BCUT2D eigenvalue weighted by molar-refractivity contribution is 7.03. The Labute approximate surface area is 252 Å². The Balaban J connectivity index is 1.40. The molecule has 222 valence electrons. The normalized spacial score (nSPS) is 21.7. The molecule has 0 unspecified atom stereocenters. The van der Waals surface area contributed by atoms with Gasteiger partial charge in [-0.05, 0) is 58.9 Å². The fraction of sp³-hybridized carbons (Fsp3) is 0.412. The van der Waals surface area contributed by atoms with Crippen molar-refractivity contribution in [2.75, 3.05) is 62.4 Å². The summed E-state index contributed by atoms with van der Waals surface area (Å²) in [5.41, 5.74) is 4.57. The van der Waals surface area contributed by atoms with E-state index < -0.39 is 25.6 Å². The molecule has 0 bridgehead atoms. The number of rotatable bonds is 3. The molecule has 3 aromatic rings. The number of carbonyl (C=O) groups excluding carboxylic acids is 1. The number of hydrogen-bond donors (Lipinski definition) is 1. The molecule has 0 aromatic heterocycles. The van der Waals surface area contributed by atoms with Gasteiger partial charge in [0, 0.05) is 54.2 Å². The second-order valence-electron chi connectivity index (χ2n) is 12.4. The van der Waals surface area contributed by atoms with Crippen molar-refractivity contribution in [3.8, 4) is 0 Å². The minimum Gasteiger partial charge on any atom is -0.478 e. The van der Waals surface area contributed by atoms with Crippen LogP contribution < -0.4 is 20.2 Å². The van der Waals surface area contributed by atoms with E-state index in [4.69, 9.17) is 14.2 Å². The lowest BCUT2D eigenvalue weighted by Gasteiger charge is -2.49. The van der Waals surface area contributed by atoms with Crippen LogP contribution in [-0.2, 0) is 19.8 Å². The Morgan fingerprint density at radius 3 is 1.79 bits per heavy atom. The molecule has 43 heavy (non-hydrogen) atoms. The number of morpholine rings is 2. The Morgan fingerprint density at radius 1 is 0.721 bits per heavy atom.